The highest BCUT2D eigenvalue weighted by Gasteiger charge is 2.43. The molecular formula is C16H22BrNO2. The number of hydrogen-bond acceptors (Lipinski definition) is 3. The molecule has 1 saturated carbocycles. The molecule has 2 N–H and O–H groups in total. The maximum Gasteiger partial charge on any atom is 0.137 e. The molecule has 1 saturated heterocycles. The van der Waals surface area contributed by atoms with Crippen molar-refractivity contribution in [3.05, 3.63) is 28.2 Å². The van der Waals surface area contributed by atoms with Gasteiger partial charge in [0.05, 0.1) is 16.7 Å². The van der Waals surface area contributed by atoms with Gasteiger partial charge in [-0.15, -0.1) is 0 Å². The van der Waals surface area contributed by atoms with Gasteiger partial charge in [-0.1, -0.05) is 12.1 Å². The zero-order valence-electron chi connectivity index (χ0n) is 11.7. The largest absolute Gasteiger partial charge is 0.489 e. The summed E-state index contributed by atoms with van der Waals surface area (Å²) in [5, 5.41) is 0. The van der Waals surface area contributed by atoms with Crippen molar-refractivity contribution >= 4 is 15.9 Å². The molecule has 1 aliphatic carbocycles. The maximum atomic E-state index is 6.32. The van der Waals surface area contributed by atoms with Crippen LogP contribution in [0.4, 0.5) is 0 Å². The summed E-state index contributed by atoms with van der Waals surface area (Å²) in [7, 11) is 0. The van der Waals surface area contributed by atoms with Crippen LogP contribution in [0.25, 0.3) is 0 Å². The zero-order valence-corrected chi connectivity index (χ0v) is 13.3. The molecule has 1 atom stereocenters. The highest BCUT2D eigenvalue weighted by Crippen LogP contribution is 2.43. The summed E-state index contributed by atoms with van der Waals surface area (Å²) in [6.07, 6.45) is 6.79. The first kappa shape index (κ1) is 14.4. The predicted octanol–water partition coefficient (Wildman–Crippen LogP) is 3.43. The first-order valence-corrected chi connectivity index (χ1v) is 8.30. The fourth-order valence-electron chi connectivity index (χ4n) is 3.21. The summed E-state index contributed by atoms with van der Waals surface area (Å²) in [5.41, 5.74) is 7.01. The molecule has 2 fully saturated rings. The smallest absolute Gasteiger partial charge is 0.137 e. The Balaban J connectivity index is 1.73. The minimum absolute atomic E-state index is 0.123. The second-order valence-electron chi connectivity index (χ2n) is 5.88. The third-order valence-corrected chi connectivity index (χ3v) is 5.08. The third-order valence-electron chi connectivity index (χ3n) is 4.46. The molecule has 2 aliphatic rings. The molecule has 1 unspecified atom stereocenters. The number of rotatable bonds is 4. The molecule has 0 aromatic heterocycles. The van der Waals surface area contributed by atoms with Crippen molar-refractivity contribution in [1.82, 2.24) is 0 Å². The molecule has 0 radical (unpaired) electrons. The van der Waals surface area contributed by atoms with E-state index < -0.39 is 0 Å². The molecule has 4 heteroatoms. The van der Waals surface area contributed by atoms with Gasteiger partial charge in [0, 0.05) is 12.8 Å². The predicted molar refractivity (Wildman–Crippen MR) is 83.1 cm³/mol. The average Bonchev–Trinajstić information content (AvgIpc) is 2.42. The van der Waals surface area contributed by atoms with E-state index in [1.807, 2.05) is 12.1 Å². The van der Waals surface area contributed by atoms with Gasteiger partial charge in [0.1, 0.15) is 11.9 Å². The van der Waals surface area contributed by atoms with E-state index in [2.05, 4.69) is 22.0 Å². The van der Waals surface area contributed by atoms with Gasteiger partial charge in [-0.3, -0.25) is 0 Å². The number of benzene rings is 1. The summed E-state index contributed by atoms with van der Waals surface area (Å²) in [5.74, 6) is 0.972. The van der Waals surface area contributed by atoms with Crippen LogP contribution in [0.5, 0.6) is 5.75 Å². The third kappa shape index (κ3) is 2.87. The van der Waals surface area contributed by atoms with Crippen molar-refractivity contribution in [2.75, 3.05) is 13.2 Å². The maximum absolute atomic E-state index is 6.32. The first-order chi connectivity index (χ1) is 9.72. The van der Waals surface area contributed by atoms with E-state index in [-0.39, 0.29) is 11.7 Å². The molecule has 3 rings (SSSR count). The standard InChI is InChI=1S/C16H22BrNO2/c17-14-4-1-3-12(5-9-18)15(14)20-13-6-10-19-16(11-13)7-2-8-16/h1,3-4,13H,2,5-11,18H2. The van der Waals surface area contributed by atoms with E-state index in [9.17, 15) is 0 Å². The molecule has 0 amide bonds. The molecule has 1 aliphatic heterocycles. The van der Waals surface area contributed by atoms with Crippen molar-refractivity contribution in [2.45, 2.75) is 50.2 Å². The number of halogens is 1. The SMILES string of the molecule is NCCc1cccc(Br)c1OC1CCOC2(CCC2)C1. The van der Waals surface area contributed by atoms with Crippen molar-refractivity contribution < 1.29 is 9.47 Å². The van der Waals surface area contributed by atoms with Gasteiger partial charge < -0.3 is 15.2 Å². The minimum atomic E-state index is 0.123. The van der Waals surface area contributed by atoms with Gasteiger partial charge in [0.2, 0.25) is 0 Å². The Hall–Kier alpha value is -0.580. The molecule has 1 spiro atoms. The van der Waals surface area contributed by atoms with Crippen molar-refractivity contribution in [3.8, 4) is 5.75 Å². The topological polar surface area (TPSA) is 44.5 Å². The van der Waals surface area contributed by atoms with Gasteiger partial charge in [-0.25, -0.2) is 0 Å². The molecule has 110 valence electrons. The summed E-state index contributed by atoms with van der Waals surface area (Å²) in [6, 6.07) is 6.18. The Bertz CT molecular complexity index is 474. The molecule has 20 heavy (non-hydrogen) atoms. The molecule has 3 nitrogen and oxygen atoms in total. The number of hydrogen-bond donors (Lipinski definition) is 1. The Morgan fingerprint density at radius 1 is 1.40 bits per heavy atom. The number of ether oxygens (including phenoxy) is 2. The van der Waals surface area contributed by atoms with Gasteiger partial charge in [0.25, 0.3) is 0 Å². The normalized spacial score (nSPS) is 24.4. The Morgan fingerprint density at radius 2 is 2.25 bits per heavy atom. The van der Waals surface area contributed by atoms with Gasteiger partial charge in [0.15, 0.2) is 0 Å². The number of para-hydroxylation sites is 1. The van der Waals surface area contributed by atoms with Crippen LogP contribution >= 0.6 is 15.9 Å². The fraction of sp³-hybridized carbons (Fsp3) is 0.625. The summed E-state index contributed by atoms with van der Waals surface area (Å²) >= 11 is 3.61. The van der Waals surface area contributed by atoms with E-state index in [4.69, 9.17) is 15.2 Å². The van der Waals surface area contributed by atoms with E-state index in [0.29, 0.717) is 6.54 Å². The van der Waals surface area contributed by atoms with Gasteiger partial charge >= 0.3 is 0 Å². The lowest BCUT2D eigenvalue weighted by atomic mass is 9.74. The minimum Gasteiger partial charge on any atom is -0.489 e. The lowest BCUT2D eigenvalue weighted by Gasteiger charge is -2.47. The number of nitrogens with two attached hydrogens (primary N) is 1. The van der Waals surface area contributed by atoms with Crippen LogP contribution < -0.4 is 10.5 Å². The Labute approximate surface area is 129 Å². The Kier molecular flexibility index (Phi) is 4.34. The van der Waals surface area contributed by atoms with Crippen LogP contribution in [-0.4, -0.2) is 24.9 Å². The van der Waals surface area contributed by atoms with Crippen LogP contribution in [0.15, 0.2) is 22.7 Å². The lowest BCUT2D eigenvalue weighted by Crippen LogP contribution is -2.48. The van der Waals surface area contributed by atoms with Gasteiger partial charge in [-0.05, 0) is 59.8 Å². The molecule has 1 aromatic rings. The lowest BCUT2D eigenvalue weighted by molar-refractivity contribution is -0.153. The second kappa shape index (κ2) is 6.04. The highest BCUT2D eigenvalue weighted by atomic mass is 79.9. The van der Waals surface area contributed by atoms with Gasteiger partial charge in [-0.2, -0.15) is 0 Å². The van der Waals surface area contributed by atoms with Crippen molar-refractivity contribution in [1.29, 1.82) is 0 Å². The zero-order chi connectivity index (χ0) is 14.0. The quantitative estimate of drug-likeness (QED) is 0.913. The van der Waals surface area contributed by atoms with E-state index in [0.717, 1.165) is 36.1 Å². The van der Waals surface area contributed by atoms with E-state index in [1.54, 1.807) is 0 Å². The Morgan fingerprint density at radius 3 is 2.95 bits per heavy atom. The van der Waals surface area contributed by atoms with Crippen LogP contribution in [0.1, 0.15) is 37.7 Å². The summed E-state index contributed by atoms with van der Waals surface area (Å²) in [4.78, 5) is 0. The summed E-state index contributed by atoms with van der Waals surface area (Å²) in [6.45, 7) is 1.46. The highest BCUT2D eigenvalue weighted by molar-refractivity contribution is 9.10. The fourth-order valence-corrected chi connectivity index (χ4v) is 3.71. The van der Waals surface area contributed by atoms with Crippen LogP contribution in [0, 0.1) is 0 Å². The van der Waals surface area contributed by atoms with Crippen LogP contribution in [0.2, 0.25) is 0 Å². The monoisotopic (exact) mass is 339 g/mol. The molecule has 0 bridgehead atoms. The van der Waals surface area contributed by atoms with Crippen LogP contribution in [-0.2, 0) is 11.2 Å². The average molecular weight is 340 g/mol. The molecule has 1 heterocycles. The first-order valence-electron chi connectivity index (χ1n) is 7.50. The summed E-state index contributed by atoms with van der Waals surface area (Å²) < 4.78 is 13.3. The van der Waals surface area contributed by atoms with Crippen molar-refractivity contribution in [3.63, 3.8) is 0 Å². The second-order valence-corrected chi connectivity index (χ2v) is 6.74. The van der Waals surface area contributed by atoms with E-state index >= 15 is 0 Å². The van der Waals surface area contributed by atoms with Crippen LogP contribution in [0.3, 0.4) is 0 Å². The molecule has 1 aromatic carbocycles. The molecular weight excluding hydrogens is 318 g/mol. The van der Waals surface area contributed by atoms with Crippen molar-refractivity contribution in [2.24, 2.45) is 5.73 Å². The van der Waals surface area contributed by atoms with E-state index in [1.165, 1.54) is 24.8 Å².